The van der Waals surface area contributed by atoms with Gasteiger partial charge in [0, 0.05) is 13.0 Å². The third-order valence-electron chi connectivity index (χ3n) is 3.95. The Morgan fingerprint density at radius 1 is 1.19 bits per heavy atom. The molecule has 1 heterocycles. The maximum absolute atomic E-state index is 12.1. The lowest BCUT2D eigenvalue weighted by atomic mass is 9.99. The van der Waals surface area contributed by atoms with Crippen LogP contribution in [-0.4, -0.2) is 65.1 Å². The van der Waals surface area contributed by atoms with E-state index in [2.05, 4.69) is 0 Å². The third-order valence-corrected chi connectivity index (χ3v) is 3.95. The number of hydrogen-bond donors (Lipinski definition) is 3. The first kappa shape index (κ1) is 20.7. The second-order valence-electron chi connectivity index (χ2n) is 5.96. The van der Waals surface area contributed by atoms with Crippen LogP contribution in [0.1, 0.15) is 19.4 Å². The predicted octanol–water partition coefficient (Wildman–Crippen LogP) is 0.355. The Labute approximate surface area is 155 Å². The summed E-state index contributed by atoms with van der Waals surface area (Å²) >= 11 is 0. The summed E-state index contributed by atoms with van der Waals surface area (Å²) in [5.41, 5.74) is 0.548. The minimum Gasteiger partial charge on any atom is -0.504 e. The molecule has 0 aromatic heterocycles. The van der Waals surface area contributed by atoms with E-state index >= 15 is 0 Å². The van der Waals surface area contributed by atoms with Crippen molar-refractivity contribution >= 4 is 18.0 Å². The van der Waals surface area contributed by atoms with Crippen LogP contribution in [0.25, 0.3) is 6.08 Å². The fraction of sp³-hybridized carbons (Fsp3) is 0.444. The third kappa shape index (κ3) is 5.19. The highest BCUT2D eigenvalue weighted by Crippen LogP contribution is 2.27. The average Bonchev–Trinajstić information content (AvgIpc) is 2.61. The normalized spacial score (nSPS) is 28.0. The molecule has 1 aliphatic heterocycles. The predicted molar refractivity (Wildman–Crippen MR) is 91.7 cm³/mol. The molecule has 5 atom stereocenters. The maximum Gasteiger partial charge on any atom is 0.331 e. The van der Waals surface area contributed by atoms with Gasteiger partial charge in [0.25, 0.3) is 0 Å². The highest BCUT2D eigenvalue weighted by Gasteiger charge is 2.47. The number of carbonyl (C=O) groups is 2. The molecule has 1 fully saturated rings. The molecule has 1 aromatic rings. The van der Waals surface area contributed by atoms with Gasteiger partial charge in [0.2, 0.25) is 0 Å². The van der Waals surface area contributed by atoms with Crippen LogP contribution < -0.4 is 4.74 Å². The van der Waals surface area contributed by atoms with Crippen LogP contribution >= 0.6 is 0 Å². The first-order chi connectivity index (χ1) is 12.7. The highest BCUT2D eigenvalue weighted by molar-refractivity contribution is 5.87. The molecule has 0 bridgehead atoms. The molecule has 0 unspecified atom stereocenters. The van der Waals surface area contributed by atoms with E-state index in [4.69, 9.17) is 18.9 Å². The lowest BCUT2D eigenvalue weighted by Gasteiger charge is -2.40. The van der Waals surface area contributed by atoms with Crippen LogP contribution in [0, 0.1) is 0 Å². The number of phenolic OH excluding ortho intramolecular Hbond substituents is 1. The molecule has 2 rings (SSSR count). The first-order valence-corrected chi connectivity index (χ1v) is 8.17. The van der Waals surface area contributed by atoms with Gasteiger partial charge in [0.05, 0.1) is 13.2 Å². The molecule has 0 spiro atoms. The molecule has 0 radical (unpaired) electrons. The molecule has 3 N–H and O–H groups in total. The van der Waals surface area contributed by atoms with E-state index in [0.29, 0.717) is 5.56 Å². The summed E-state index contributed by atoms with van der Waals surface area (Å²) in [5, 5.41) is 29.7. The van der Waals surface area contributed by atoms with Crippen molar-refractivity contribution < 1.29 is 43.9 Å². The number of esters is 2. The molecular formula is C18H22O9. The molecule has 0 aliphatic carbocycles. The Balaban J connectivity index is 2.10. The zero-order valence-corrected chi connectivity index (χ0v) is 15.1. The molecule has 1 aromatic carbocycles. The summed E-state index contributed by atoms with van der Waals surface area (Å²) < 4.78 is 20.2. The Bertz CT molecular complexity index is 715. The van der Waals surface area contributed by atoms with Gasteiger partial charge in [-0.1, -0.05) is 6.07 Å². The van der Waals surface area contributed by atoms with Crippen molar-refractivity contribution in [1.82, 2.24) is 0 Å². The van der Waals surface area contributed by atoms with E-state index in [1.807, 2.05) is 0 Å². The number of aliphatic hydroxyl groups excluding tert-OH is 2. The Kier molecular flexibility index (Phi) is 6.78. The van der Waals surface area contributed by atoms with Crippen LogP contribution in [0.15, 0.2) is 24.3 Å². The number of carbonyl (C=O) groups excluding carboxylic acids is 2. The van der Waals surface area contributed by atoms with Gasteiger partial charge in [-0.05, 0) is 30.7 Å². The van der Waals surface area contributed by atoms with Gasteiger partial charge in [-0.3, -0.25) is 4.79 Å². The van der Waals surface area contributed by atoms with Crippen LogP contribution in [0.2, 0.25) is 0 Å². The number of hydrogen-bond acceptors (Lipinski definition) is 9. The smallest absolute Gasteiger partial charge is 0.331 e. The van der Waals surface area contributed by atoms with Gasteiger partial charge in [0.1, 0.15) is 6.10 Å². The molecule has 9 heteroatoms. The lowest BCUT2D eigenvalue weighted by molar-refractivity contribution is -0.284. The quantitative estimate of drug-likeness (QED) is 0.488. The van der Waals surface area contributed by atoms with Gasteiger partial charge < -0.3 is 34.3 Å². The van der Waals surface area contributed by atoms with Crippen LogP contribution in [-0.2, 0) is 23.8 Å². The Hall–Kier alpha value is -2.62. The summed E-state index contributed by atoms with van der Waals surface area (Å²) in [6, 6.07) is 4.45. The van der Waals surface area contributed by atoms with Crippen LogP contribution in [0.4, 0.5) is 0 Å². The van der Waals surface area contributed by atoms with Crippen molar-refractivity contribution in [1.29, 1.82) is 0 Å². The van der Waals surface area contributed by atoms with E-state index in [-0.39, 0.29) is 11.5 Å². The summed E-state index contributed by atoms with van der Waals surface area (Å²) in [6.07, 6.45) is -3.86. The minimum atomic E-state index is -1.57. The van der Waals surface area contributed by atoms with Crippen molar-refractivity contribution in [2.45, 2.75) is 44.6 Å². The molecule has 148 valence electrons. The van der Waals surface area contributed by atoms with E-state index in [9.17, 15) is 24.9 Å². The Morgan fingerprint density at radius 2 is 1.89 bits per heavy atom. The molecular weight excluding hydrogens is 360 g/mol. The fourth-order valence-electron chi connectivity index (χ4n) is 2.59. The van der Waals surface area contributed by atoms with Crippen LogP contribution in [0.5, 0.6) is 11.5 Å². The molecule has 0 amide bonds. The molecule has 1 saturated heterocycles. The summed E-state index contributed by atoms with van der Waals surface area (Å²) in [6.45, 7) is 2.62. The van der Waals surface area contributed by atoms with Crippen LogP contribution in [0.3, 0.4) is 0 Å². The SMILES string of the molecule is COc1cc(C=CC(=O)O[C@@H]2[C@H](OC(C)=O)[C@@H](O)[C@@H](C)O[C@H]2O)ccc1O. The van der Waals surface area contributed by atoms with Gasteiger partial charge in [0.15, 0.2) is 30.0 Å². The van der Waals surface area contributed by atoms with Crippen molar-refractivity contribution in [3.05, 3.63) is 29.8 Å². The van der Waals surface area contributed by atoms with E-state index in [1.54, 1.807) is 6.07 Å². The lowest BCUT2D eigenvalue weighted by Crippen LogP contribution is -2.59. The monoisotopic (exact) mass is 382 g/mol. The number of phenols is 1. The molecule has 0 saturated carbocycles. The molecule has 9 nitrogen and oxygen atoms in total. The van der Waals surface area contributed by atoms with Crippen molar-refractivity contribution in [2.24, 2.45) is 0 Å². The second-order valence-corrected chi connectivity index (χ2v) is 5.96. The minimum absolute atomic E-state index is 0.0490. The van der Waals surface area contributed by atoms with Gasteiger partial charge >= 0.3 is 11.9 Å². The van der Waals surface area contributed by atoms with Crippen molar-refractivity contribution in [2.75, 3.05) is 7.11 Å². The van der Waals surface area contributed by atoms with Crippen molar-refractivity contribution in [3.8, 4) is 11.5 Å². The van der Waals surface area contributed by atoms with E-state index in [0.717, 1.165) is 13.0 Å². The van der Waals surface area contributed by atoms with E-state index < -0.39 is 42.6 Å². The van der Waals surface area contributed by atoms with Gasteiger partial charge in [-0.2, -0.15) is 0 Å². The summed E-state index contributed by atoms with van der Waals surface area (Å²) in [7, 11) is 1.39. The zero-order chi connectivity index (χ0) is 20.1. The average molecular weight is 382 g/mol. The number of methoxy groups -OCH3 is 1. The Morgan fingerprint density at radius 3 is 2.52 bits per heavy atom. The number of ether oxygens (including phenoxy) is 4. The number of benzene rings is 1. The number of aliphatic hydroxyl groups is 2. The highest BCUT2D eigenvalue weighted by atomic mass is 16.7. The second kappa shape index (κ2) is 8.85. The number of rotatable bonds is 5. The van der Waals surface area contributed by atoms with Gasteiger partial charge in [-0.25, -0.2) is 4.79 Å². The van der Waals surface area contributed by atoms with Gasteiger partial charge in [-0.15, -0.1) is 0 Å². The summed E-state index contributed by atoms with van der Waals surface area (Å²) in [5.74, 6) is -1.37. The fourth-order valence-corrected chi connectivity index (χ4v) is 2.59. The first-order valence-electron chi connectivity index (χ1n) is 8.17. The number of aromatic hydroxyl groups is 1. The van der Waals surface area contributed by atoms with Crippen molar-refractivity contribution in [3.63, 3.8) is 0 Å². The maximum atomic E-state index is 12.1. The van der Waals surface area contributed by atoms with E-state index in [1.165, 1.54) is 32.2 Å². The molecule has 27 heavy (non-hydrogen) atoms. The largest absolute Gasteiger partial charge is 0.504 e. The standard InChI is InChI=1S/C18H22O9/c1-9-15(22)16(26-10(2)19)17(18(23)25-9)27-14(21)7-5-11-4-6-12(20)13(8-11)24-3/h4-9,15-18,20,22-23H,1-3H3/t9-,15+,16-,17-,18-/m1/s1. The zero-order valence-electron chi connectivity index (χ0n) is 15.1. The summed E-state index contributed by atoms with van der Waals surface area (Å²) in [4.78, 5) is 23.4. The molecule has 1 aliphatic rings. The topological polar surface area (TPSA) is 132 Å².